The van der Waals surface area contributed by atoms with Gasteiger partial charge in [0.2, 0.25) is 0 Å². The lowest BCUT2D eigenvalue weighted by Gasteiger charge is -2.07. The van der Waals surface area contributed by atoms with Crippen LogP contribution >= 0.6 is 0 Å². The van der Waals surface area contributed by atoms with E-state index in [0.29, 0.717) is 5.92 Å². The molecule has 0 saturated heterocycles. The van der Waals surface area contributed by atoms with E-state index in [-0.39, 0.29) is 0 Å². The summed E-state index contributed by atoms with van der Waals surface area (Å²) in [5, 5.41) is 8.36. The average Bonchev–Trinajstić information content (AvgIpc) is 1.98. The van der Waals surface area contributed by atoms with E-state index in [0.717, 1.165) is 6.42 Å². The molecule has 0 amide bonds. The van der Waals surface area contributed by atoms with Crippen molar-refractivity contribution in [3.63, 3.8) is 0 Å². The quantitative estimate of drug-likeness (QED) is 0.573. The van der Waals surface area contributed by atoms with Crippen molar-refractivity contribution in [1.82, 2.24) is 0 Å². The molecule has 0 spiro atoms. The van der Waals surface area contributed by atoms with Gasteiger partial charge in [-0.3, -0.25) is 0 Å². The summed E-state index contributed by atoms with van der Waals surface area (Å²) in [6, 6.07) is 2.10. The maximum absolute atomic E-state index is 8.36. The fourth-order valence-electron chi connectivity index (χ4n) is 0.977. The zero-order chi connectivity index (χ0) is 7.82. The highest BCUT2D eigenvalue weighted by Gasteiger charge is 2.03. The molecule has 0 aliphatic rings. The molecule has 1 atom stereocenters. The van der Waals surface area contributed by atoms with Gasteiger partial charge in [-0.2, -0.15) is 5.26 Å². The van der Waals surface area contributed by atoms with Crippen LogP contribution in [0.1, 0.15) is 39.5 Å². The molecule has 0 aromatic carbocycles. The van der Waals surface area contributed by atoms with Crippen LogP contribution in [0.25, 0.3) is 0 Å². The molecule has 1 radical (unpaired) electrons. The summed E-state index contributed by atoms with van der Waals surface area (Å²) in [4.78, 5) is 0. The number of unbranched alkanes of at least 4 members (excludes halogenated alkanes) is 1. The van der Waals surface area contributed by atoms with Crippen LogP contribution < -0.4 is 0 Å². The number of rotatable bonds is 5. The standard InChI is InChI=1S/C9H16N/c1-3-5-6-9(4-2)7-8-10/h7,9H,3-6H2,1-2H3. The lowest BCUT2D eigenvalue weighted by Crippen LogP contribution is -1.97. The third kappa shape index (κ3) is 4.38. The molecule has 0 N–H and O–H groups in total. The van der Waals surface area contributed by atoms with Crippen molar-refractivity contribution in [2.24, 2.45) is 5.92 Å². The molecular weight excluding hydrogens is 122 g/mol. The van der Waals surface area contributed by atoms with Crippen LogP contribution in [-0.4, -0.2) is 0 Å². The van der Waals surface area contributed by atoms with E-state index in [9.17, 15) is 0 Å². The maximum atomic E-state index is 8.36. The molecule has 0 fully saturated rings. The van der Waals surface area contributed by atoms with Crippen molar-refractivity contribution < 1.29 is 0 Å². The summed E-state index contributed by atoms with van der Waals surface area (Å²) in [6.45, 7) is 4.31. The minimum absolute atomic E-state index is 0.532. The van der Waals surface area contributed by atoms with Crippen LogP contribution in [0.2, 0.25) is 0 Å². The number of hydrogen-bond acceptors (Lipinski definition) is 1. The van der Waals surface area contributed by atoms with Gasteiger partial charge in [-0.25, -0.2) is 0 Å². The average molecular weight is 138 g/mol. The first-order chi connectivity index (χ1) is 4.85. The van der Waals surface area contributed by atoms with Crippen molar-refractivity contribution in [3.05, 3.63) is 6.42 Å². The lowest BCUT2D eigenvalue weighted by atomic mass is 9.97. The van der Waals surface area contributed by atoms with Crippen molar-refractivity contribution >= 4 is 0 Å². The molecule has 0 aromatic heterocycles. The first-order valence-corrected chi connectivity index (χ1v) is 4.08. The predicted octanol–water partition coefficient (Wildman–Crippen LogP) is 2.93. The Kier molecular flexibility index (Phi) is 6.27. The van der Waals surface area contributed by atoms with Gasteiger partial charge in [0, 0.05) is 0 Å². The highest BCUT2D eigenvalue weighted by atomic mass is 14.2. The molecule has 0 aliphatic heterocycles. The first kappa shape index (κ1) is 9.49. The van der Waals surface area contributed by atoms with Crippen LogP contribution in [0.15, 0.2) is 0 Å². The zero-order valence-electron chi connectivity index (χ0n) is 6.93. The van der Waals surface area contributed by atoms with Gasteiger partial charge in [0.25, 0.3) is 0 Å². The number of nitrogens with zero attached hydrogens (tertiary/aromatic N) is 1. The van der Waals surface area contributed by atoms with E-state index in [1.807, 2.05) is 0 Å². The lowest BCUT2D eigenvalue weighted by molar-refractivity contribution is 0.521. The Morgan fingerprint density at radius 3 is 2.60 bits per heavy atom. The second-order valence-electron chi connectivity index (χ2n) is 2.61. The van der Waals surface area contributed by atoms with Crippen LogP contribution in [-0.2, 0) is 0 Å². The molecule has 1 unspecified atom stereocenters. The largest absolute Gasteiger partial charge is 0.198 e. The fourth-order valence-corrected chi connectivity index (χ4v) is 0.977. The Morgan fingerprint density at radius 2 is 2.20 bits per heavy atom. The first-order valence-electron chi connectivity index (χ1n) is 4.08. The smallest absolute Gasteiger partial charge is 0.0672 e. The Morgan fingerprint density at radius 1 is 1.50 bits per heavy atom. The van der Waals surface area contributed by atoms with Crippen LogP contribution in [0.3, 0.4) is 0 Å². The summed E-state index contributed by atoms with van der Waals surface area (Å²) < 4.78 is 0. The zero-order valence-corrected chi connectivity index (χ0v) is 6.93. The van der Waals surface area contributed by atoms with E-state index in [1.165, 1.54) is 19.3 Å². The van der Waals surface area contributed by atoms with Gasteiger partial charge in [-0.05, 0) is 12.3 Å². The highest BCUT2D eigenvalue weighted by Crippen LogP contribution is 2.14. The van der Waals surface area contributed by atoms with E-state index in [4.69, 9.17) is 5.26 Å². The second-order valence-corrected chi connectivity index (χ2v) is 2.61. The van der Waals surface area contributed by atoms with Crippen molar-refractivity contribution in [2.75, 3.05) is 0 Å². The third-order valence-electron chi connectivity index (χ3n) is 1.76. The van der Waals surface area contributed by atoms with Gasteiger partial charge in [0.15, 0.2) is 0 Å². The van der Waals surface area contributed by atoms with Gasteiger partial charge in [-0.1, -0.05) is 33.1 Å². The molecule has 0 rings (SSSR count). The second kappa shape index (κ2) is 6.61. The Labute approximate surface area is 64.1 Å². The van der Waals surface area contributed by atoms with E-state index in [1.54, 1.807) is 6.42 Å². The van der Waals surface area contributed by atoms with Gasteiger partial charge < -0.3 is 0 Å². The minimum Gasteiger partial charge on any atom is -0.198 e. The van der Waals surface area contributed by atoms with E-state index in [2.05, 4.69) is 19.9 Å². The topological polar surface area (TPSA) is 23.8 Å². The molecule has 0 saturated carbocycles. The minimum atomic E-state index is 0.532. The summed E-state index contributed by atoms with van der Waals surface area (Å²) in [7, 11) is 0. The van der Waals surface area contributed by atoms with Gasteiger partial charge in [-0.15, -0.1) is 0 Å². The van der Waals surface area contributed by atoms with E-state index >= 15 is 0 Å². The molecule has 1 heteroatoms. The van der Waals surface area contributed by atoms with E-state index < -0.39 is 0 Å². The van der Waals surface area contributed by atoms with Crippen molar-refractivity contribution in [1.29, 1.82) is 5.26 Å². The normalized spacial score (nSPS) is 12.5. The fraction of sp³-hybridized carbons (Fsp3) is 0.778. The van der Waals surface area contributed by atoms with Gasteiger partial charge in [0.05, 0.1) is 12.5 Å². The van der Waals surface area contributed by atoms with Crippen LogP contribution in [0.4, 0.5) is 0 Å². The summed E-state index contributed by atoms with van der Waals surface area (Å²) in [5.74, 6) is 0.532. The predicted molar refractivity (Wildman–Crippen MR) is 43.2 cm³/mol. The Hall–Kier alpha value is -0.510. The number of hydrogen-bond donors (Lipinski definition) is 0. The molecule has 1 nitrogen and oxygen atoms in total. The molecular formula is C9H16N. The maximum Gasteiger partial charge on any atom is 0.0672 e. The third-order valence-corrected chi connectivity index (χ3v) is 1.76. The molecule has 0 bridgehead atoms. The molecule has 57 valence electrons. The monoisotopic (exact) mass is 138 g/mol. The Balaban J connectivity index is 3.32. The summed E-state index contributed by atoms with van der Waals surface area (Å²) in [6.07, 6.45) is 6.52. The van der Waals surface area contributed by atoms with Crippen LogP contribution in [0, 0.1) is 23.7 Å². The molecule has 0 heterocycles. The molecule has 0 aromatic rings. The van der Waals surface area contributed by atoms with Gasteiger partial charge >= 0.3 is 0 Å². The van der Waals surface area contributed by atoms with Crippen molar-refractivity contribution in [3.8, 4) is 6.07 Å². The number of nitriles is 1. The molecule has 10 heavy (non-hydrogen) atoms. The van der Waals surface area contributed by atoms with Crippen LogP contribution in [0.5, 0.6) is 0 Å². The Bertz CT molecular complexity index is 102. The highest BCUT2D eigenvalue weighted by molar-refractivity contribution is 4.95. The SMILES string of the molecule is CCCCC([CH]C#N)CC. The summed E-state index contributed by atoms with van der Waals surface area (Å²) >= 11 is 0. The van der Waals surface area contributed by atoms with Gasteiger partial charge in [0.1, 0.15) is 0 Å². The molecule has 0 aliphatic carbocycles. The summed E-state index contributed by atoms with van der Waals surface area (Å²) in [5.41, 5.74) is 0. The van der Waals surface area contributed by atoms with Crippen molar-refractivity contribution in [2.45, 2.75) is 39.5 Å².